The van der Waals surface area contributed by atoms with Gasteiger partial charge >= 0.3 is 0 Å². The van der Waals surface area contributed by atoms with Gasteiger partial charge in [-0.25, -0.2) is 8.42 Å². The molecule has 10 nitrogen and oxygen atoms in total. The summed E-state index contributed by atoms with van der Waals surface area (Å²) in [4.78, 5) is 40.2. The van der Waals surface area contributed by atoms with Crippen molar-refractivity contribution in [3.8, 4) is 0 Å². The Bertz CT molecular complexity index is 1420. The summed E-state index contributed by atoms with van der Waals surface area (Å²) in [6, 6.07) is 22.0. The lowest BCUT2D eigenvalue weighted by molar-refractivity contribution is -0.114. The number of carbonyl (C=O) groups is 3. The summed E-state index contributed by atoms with van der Waals surface area (Å²) < 4.78 is 31.4. The molecular formula is C28H30N4O6S. The molecule has 0 aliphatic carbocycles. The Balaban J connectivity index is 1.44. The zero-order valence-corrected chi connectivity index (χ0v) is 22.3. The lowest BCUT2D eigenvalue weighted by Crippen LogP contribution is -2.40. The molecule has 1 aliphatic heterocycles. The molecule has 0 bridgehead atoms. The number of benzene rings is 3. The fraction of sp³-hybridized carbons (Fsp3) is 0.250. The number of rotatable bonds is 9. The van der Waals surface area contributed by atoms with Gasteiger partial charge in [-0.2, -0.15) is 0 Å². The number of sulfonamides is 1. The largest absolute Gasteiger partial charge is 0.378 e. The maximum absolute atomic E-state index is 13.0. The van der Waals surface area contributed by atoms with Crippen molar-refractivity contribution in [2.24, 2.45) is 0 Å². The molecule has 1 fully saturated rings. The highest BCUT2D eigenvalue weighted by Crippen LogP contribution is 2.21. The van der Waals surface area contributed by atoms with Gasteiger partial charge < -0.3 is 20.3 Å². The summed E-state index contributed by atoms with van der Waals surface area (Å²) in [7, 11) is -3.84. The zero-order valence-electron chi connectivity index (χ0n) is 21.5. The molecule has 39 heavy (non-hydrogen) atoms. The third-order valence-corrected chi connectivity index (χ3v) is 7.27. The van der Waals surface area contributed by atoms with Crippen molar-refractivity contribution < 1.29 is 27.5 Å². The van der Waals surface area contributed by atoms with Gasteiger partial charge in [0.1, 0.15) is 6.54 Å². The van der Waals surface area contributed by atoms with Gasteiger partial charge in [-0.3, -0.25) is 18.7 Å². The molecule has 0 radical (unpaired) electrons. The smallest absolute Gasteiger partial charge is 0.254 e. The van der Waals surface area contributed by atoms with Gasteiger partial charge in [0.25, 0.3) is 11.8 Å². The molecule has 11 heteroatoms. The predicted octanol–water partition coefficient (Wildman–Crippen LogP) is 2.49. The van der Waals surface area contributed by atoms with Crippen LogP contribution in [0.15, 0.2) is 78.9 Å². The molecular weight excluding hydrogens is 520 g/mol. The molecule has 0 aromatic heterocycles. The number of hydrogen-bond acceptors (Lipinski definition) is 6. The topological polar surface area (TPSA) is 125 Å². The molecule has 0 atom stereocenters. The van der Waals surface area contributed by atoms with Gasteiger partial charge in [-0.15, -0.1) is 0 Å². The van der Waals surface area contributed by atoms with E-state index in [9.17, 15) is 22.8 Å². The number of para-hydroxylation sites is 1. The first kappa shape index (κ1) is 27.8. The number of nitrogens with zero attached hydrogens (tertiary/aromatic N) is 2. The minimum atomic E-state index is -3.84. The second kappa shape index (κ2) is 12.5. The Morgan fingerprint density at radius 3 is 2.21 bits per heavy atom. The minimum Gasteiger partial charge on any atom is -0.378 e. The van der Waals surface area contributed by atoms with E-state index < -0.39 is 22.5 Å². The average Bonchev–Trinajstić information content (AvgIpc) is 2.95. The summed E-state index contributed by atoms with van der Waals surface area (Å²) >= 11 is 0. The first-order valence-corrected chi connectivity index (χ1v) is 14.2. The predicted molar refractivity (Wildman–Crippen MR) is 148 cm³/mol. The fourth-order valence-electron chi connectivity index (χ4n) is 4.10. The van der Waals surface area contributed by atoms with Gasteiger partial charge in [0.05, 0.1) is 36.4 Å². The normalized spacial score (nSPS) is 13.4. The van der Waals surface area contributed by atoms with Crippen LogP contribution in [0.5, 0.6) is 0 Å². The summed E-state index contributed by atoms with van der Waals surface area (Å²) in [5, 5.41) is 5.48. The van der Waals surface area contributed by atoms with Crippen LogP contribution >= 0.6 is 0 Å². The maximum Gasteiger partial charge on any atom is 0.254 e. The number of carbonyl (C=O) groups excluding carboxylic acids is 3. The molecule has 0 spiro atoms. The number of nitrogens with one attached hydrogen (secondary N) is 2. The monoisotopic (exact) mass is 550 g/mol. The van der Waals surface area contributed by atoms with E-state index in [-0.39, 0.29) is 28.8 Å². The van der Waals surface area contributed by atoms with Crippen LogP contribution in [-0.2, 0) is 26.1 Å². The van der Waals surface area contributed by atoms with Crippen LogP contribution in [0.4, 0.5) is 11.4 Å². The number of anilines is 2. The van der Waals surface area contributed by atoms with E-state index in [2.05, 4.69) is 10.6 Å². The molecule has 3 aromatic carbocycles. The lowest BCUT2D eigenvalue weighted by atomic mass is 10.1. The number of amides is 3. The number of ether oxygens (including phenoxy) is 1. The van der Waals surface area contributed by atoms with Gasteiger partial charge in [-0.1, -0.05) is 42.5 Å². The molecule has 1 heterocycles. The lowest BCUT2D eigenvalue weighted by Gasteiger charge is -2.27. The van der Waals surface area contributed by atoms with E-state index in [0.717, 1.165) is 16.1 Å². The van der Waals surface area contributed by atoms with E-state index in [1.807, 2.05) is 30.3 Å². The van der Waals surface area contributed by atoms with Crippen molar-refractivity contribution in [2.75, 3.05) is 48.7 Å². The fourth-order valence-corrected chi connectivity index (χ4v) is 4.96. The summed E-state index contributed by atoms with van der Waals surface area (Å²) in [6.45, 7) is 1.71. The van der Waals surface area contributed by atoms with E-state index in [1.165, 1.54) is 24.3 Å². The highest BCUT2D eigenvalue weighted by Gasteiger charge is 2.23. The standard InChI is InChI=1S/C28H30N4O6S/c1-39(36,37)32(23-13-11-22(12-14-23)28(35)31-15-17-38-18-16-31)20-26(33)30-25-10-6-5-9-24(25)27(34)29-19-21-7-3-2-4-8-21/h2-14H,15-20H2,1H3,(H,29,34)(H,30,33). The van der Waals surface area contributed by atoms with Crippen LogP contribution in [0.3, 0.4) is 0 Å². The van der Waals surface area contributed by atoms with E-state index in [4.69, 9.17) is 4.74 Å². The van der Waals surface area contributed by atoms with Gasteiger partial charge in [0, 0.05) is 25.2 Å². The Labute approximate surface area is 227 Å². The molecule has 3 aromatic rings. The third kappa shape index (κ3) is 7.43. The van der Waals surface area contributed by atoms with Crippen molar-refractivity contribution >= 4 is 39.1 Å². The van der Waals surface area contributed by atoms with Crippen LogP contribution in [-0.4, -0.2) is 70.1 Å². The third-order valence-electron chi connectivity index (χ3n) is 6.13. The Morgan fingerprint density at radius 2 is 1.54 bits per heavy atom. The quantitative estimate of drug-likeness (QED) is 0.422. The first-order valence-electron chi connectivity index (χ1n) is 12.4. The molecule has 0 saturated carbocycles. The van der Waals surface area contributed by atoms with Crippen LogP contribution in [0.25, 0.3) is 0 Å². The summed E-state index contributed by atoms with van der Waals surface area (Å²) in [5.41, 5.74) is 2.08. The Kier molecular flexibility index (Phi) is 8.95. The second-order valence-electron chi connectivity index (χ2n) is 8.98. The van der Waals surface area contributed by atoms with Crippen LogP contribution in [0.2, 0.25) is 0 Å². The molecule has 4 rings (SSSR count). The second-order valence-corrected chi connectivity index (χ2v) is 10.9. The van der Waals surface area contributed by atoms with Crippen LogP contribution in [0.1, 0.15) is 26.3 Å². The molecule has 0 unspecified atom stereocenters. The minimum absolute atomic E-state index is 0.171. The molecule has 1 aliphatic rings. The zero-order chi connectivity index (χ0) is 27.8. The van der Waals surface area contributed by atoms with Crippen molar-refractivity contribution in [1.82, 2.24) is 10.2 Å². The summed E-state index contributed by atoms with van der Waals surface area (Å²) in [5.74, 6) is -1.18. The van der Waals surface area contributed by atoms with Gasteiger partial charge in [0.2, 0.25) is 15.9 Å². The van der Waals surface area contributed by atoms with Crippen molar-refractivity contribution in [3.05, 3.63) is 95.6 Å². The van der Waals surface area contributed by atoms with Crippen molar-refractivity contribution in [1.29, 1.82) is 0 Å². The van der Waals surface area contributed by atoms with E-state index in [0.29, 0.717) is 38.4 Å². The molecule has 1 saturated heterocycles. The molecule has 2 N–H and O–H groups in total. The Morgan fingerprint density at radius 1 is 0.897 bits per heavy atom. The van der Waals surface area contributed by atoms with Gasteiger partial charge in [-0.05, 0) is 42.0 Å². The average molecular weight is 551 g/mol. The van der Waals surface area contributed by atoms with E-state index >= 15 is 0 Å². The molecule has 3 amide bonds. The first-order chi connectivity index (χ1) is 18.7. The number of morpholine rings is 1. The van der Waals surface area contributed by atoms with Crippen LogP contribution < -0.4 is 14.9 Å². The van der Waals surface area contributed by atoms with Crippen molar-refractivity contribution in [2.45, 2.75) is 6.54 Å². The molecule has 204 valence electrons. The van der Waals surface area contributed by atoms with Crippen LogP contribution in [0, 0.1) is 0 Å². The number of hydrogen-bond donors (Lipinski definition) is 2. The van der Waals surface area contributed by atoms with Crippen molar-refractivity contribution in [3.63, 3.8) is 0 Å². The highest BCUT2D eigenvalue weighted by molar-refractivity contribution is 7.92. The summed E-state index contributed by atoms with van der Waals surface area (Å²) in [6.07, 6.45) is 0.998. The van der Waals surface area contributed by atoms with E-state index in [1.54, 1.807) is 29.2 Å². The highest BCUT2D eigenvalue weighted by atomic mass is 32.2. The SMILES string of the molecule is CS(=O)(=O)N(CC(=O)Nc1ccccc1C(=O)NCc1ccccc1)c1ccc(C(=O)N2CCOCC2)cc1. The Hall–Kier alpha value is -4.22. The van der Waals surface area contributed by atoms with Gasteiger partial charge in [0.15, 0.2) is 0 Å². The maximum atomic E-state index is 13.0.